The van der Waals surface area contributed by atoms with Gasteiger partial charge in [0.2, 0.25) is 0 Å². The maximum absolute atomic E-state index is 6.25. The van der Waals surface area contributed by atoms with Crippen molar-refractivity contribution in [2.45, 2.75) is 32.2 Å². The van der Waals surface area contributed by atoms with E-state index in [0.717, 1.165) is 31.4 Å². The molecule has 0 aliphatic rings. The van der Waals surface area contributed by atoms with Crippen LogP contribution in [0.4, 0.5) is 0 Å². The fourth-order valence-electron chi connectivity index (χ4n) is 1.76. The van der Waals surface area contributed by atoms with Crippen molar-refractivity contribution in [3.8, 4) is 0 Å². The molecule has 0 saturated carbocycles. The smallest absolute Gasteiger partial charge is 0.0640 e. The molecule has 0 aliphatic heterocycles. The van der Waals surface area contributed by atoms with Gasteiger partial charge < -0.3 is 5.32 Å². The highest BCUT2D eigenvalue weighted by Crippen LogP contribution is 2.31. The molecule has 0 aliphatic carbocycles. The summed E-state index contributed by atoms with van der Waals surface area (Å²) < 4.78 is 0. The topological polar surface area (TPSA) is 12.0 Å². The maximum Gasteiger partial charge on any atom is 0.0640 e. The summed E-state index contributed by atoms with van der Waals surface area (Å²) in [6.07, 6.45) is 4.98. The largest absolute Gasteiger partial charge is 0.310 e. The van der Waals surface area contributed by atoms with Gasteiger partial charge in [-0.05, 0) is 37.4 Å². The highest BCUT2D eigenvalue weighted by atomic mass is 35.5. The minimum Gasteiger partial charge on any atom is -0.310 e. The van der Waals surface area contributed by atoms with E-state index in [1.807, 2.05) is 24.3 Å². The molecule has 1 rings (SSSR count). The first-order valence-corrected chi connectivity index (χ1v) is 6.74. The SMILES string of the molecule is C=CCCC(NCCC)c1cccc(Cl)c1Cl. The van der Waals surface area contributed by atoms with Gasteiger partial charge in [-0.1, -0.05) is 48.3 Å². The third-order valence-electron chi connectivity index (χ3n) is 2.66. The predicted molar refractivity (Wildman–Crippen MR) is 76.9 cm³/mol. The molecule has 1 nitrogen and oxygen atoms in total. The normalized spacial score (nSPS) is 12.4. The number of nitrogens with one attached hydrogen (secondary N) is 1. The second kappa shape index (κ2) is 7.75. The van der Waals surface area contributed by atoms with Crippen molar-refractivity contribution in [3.63, 3.8) is 0 Å². The van der Waals surface area contributed by atoms with Crippen molar-refractivity contribution in [1.82, 2.24) is 5.32 Å². The molecule has 1 atom stereocenters. The number of allylic oxidation sites excluding steroid dienone is 1. The Labute approximate surface area is 114 Å². The van der Waals surface area contributed by atoms with Gasteiger partial charge in [0.15, 0.2) is 0 Å². The summed E-state index contributed by atoms with van der Waals surface area (Å²) in [5.41, 5.74) is 1.08. The van der Waals surface area contributed by atoms with Crippen LogP contribution in [-0.4, -0.2) is 6.54 Å². The number of hydrogen-bond acceptors (Lipinski definition) is 1. The highest BCUT2D eigenvalue weighted by molar-refractivity contribution is 6.42. The second-order valence-corrected chi connectivity index (χ2v) is 4.80. The summed E-state index contributed by atoms with van der Waals surface area (Å²) in [6.45, 7) is 6.89. The van der Waals surface area contributed by atoms with E-state index in [-0.39, 0.29) is 6.04 Å². The number of hydrogen-bond donors (Lipinski definition) is 1. The van der Waals surface area contributed by atoms with Crippen molar-refractivity contribution in [2.75, 3.05) is 6.54 Å². The van der Waals surface area contributed by atoms with E-state index in [4.69, 9.17) is 23.2 Å². The molecular weight excluding hydrogens is 253 g/mol. The third kappa shape index (κ3) is 4.34. The van der Waals surface area contributed by atoms with Crippen LogP contribution >= 0.6 is 23.2 Å². The van der Waals surface area contributed by atoms with E-state index in [1.54, 1.807) is 0 Å². The summed E-state index contributed by atoms with van der Waals surface area (Å²) in [5.74, 6) is 0. The quantitative estimate of drug-likeness (QED) is 0.689. The molecule has 17 heavy (non-hydrogen) atoms. The molecule has 0 heterocycles. The van der Waals surface area contributed by atoms with Gasteiger partial charge in [-0.25, -0.2) is 0 Å². The van der Waals surface area contributed by atoms with Gasteiger partial charge in [0.05, 0.1) is 10.0 Å². The molecule has 0 fully saturated rings. The molecular formula is C14H19Cl2N. The first-order chi connectivity index (χ1) is 8.20. The van der Waals surface area contributed by atoms with Crippen molar-refractivity contribution in [2.24, 2.45) is 0 Å². The molecule has 3 heteroatoms. The Hall–Kier alpha value is -0.500. The van der Waals surface area contributed by atoms with E-state index in [1.165, 1.54) is 0 Å². The van der Waals surface area contributed by atoms with Crippen molar-refractivity contribution < 1.29 is 0 Å². The van der Waals surface area contributed by atoms with E-state index < -0.39 is 0 Å². The van der Waals surface area contributed by atoms with Crippen molar-refractivity contribution in [1.29, 1.82) is 0 Å². The van der Waals surface area contributed by atoms with E-state index >= 15 is 0 Å². The van der Waals surface area contributed by atoms with E-state index in [2.05, 4.69) is 18.8 Å². The summed E-state index contributed by atoms with van der Waals surface area (Å²) in [6, 6.07) is 6.04. The Kier molecular flexibility index (Phi) is 6.64. The Morgan fingerprint density at radius 1 is 1.41 bits per heavy atom. The molecule has 0 aromatic heterocycles. The fraction of sp³-hybridized carbons (Fsp3) is 0.429. The Morgan fingerprint density at radius 3 is 2.82 bits per heavy atom. The molecule has 0 bridgehead atoms. The summed E-state index contributed by atoms with van der Waals surface area (Å²) >= 11 is 12.3. The van der Waals surface area contributed by atoms with Crippen LogP contribution in [0.5, 0.6) is 0 Å². The minimum absolute atomic E-state index is 0.249. The Bertz CT molecular complexity index is 363. The average Bonchev–Trinajstić information content (AvgIpc) is 2.34. The Morgan fingerprint density at radius 2 is 2.18 bits per heavy atom. The number of rotatable bonds is 7. The lowest BCUT2D eigenvalue weighted by molar-refractivity contribution is 0.503. The molecule has 0 amide bonds. The molecule has 1 N–H and O–H groups in total. The van der Waals surface area contributed by atoms with Gasteiger partial charge in [0.25, 0.3) is 0 Å². The first-order valence-electron chi connectivity index (χ1n) is 5.98. The maximum atomic E-state index is 6.25. The molecule has 1 unspecified atom stereocenters. The van der Waals surface area contributed by atoms with E-state index in [9.17, 15) is 0 Å². The Balaban J connectivity index is 2.86. The van der Waals surface area contributed by atoms with Gasteiger partial charge in [0, 0.05) is 6.04 Å². The summed E-state index contributed by atoms with van der Waals surface area (Å²) in [5, 5.41) is 4.77. The molecule has 1 aromatic carbocycles. The van der Waals surface area contributed by atoms with Gasteiger partial charge in [0.1, 0.15) is 0 Å². The van der Waals surface area contributed by atoms with Crippen LogP contribution in [0, 0.1) is 0 Å². The highest BCUT2D eigenvalue weighted by Gasteiger charge is 2.14. The van der Waals surface area contributed by atoms with Crippen LogP contribution in [0.25, 0.3) is 0 Å². The van der Waals surface area contributed by atoms with Crippen LogP contribution in [0.15, 0.2) is 30.9 Å². The van der Waals surface area contributed by atoms with Crippen molar-refractivity contribution >= 4 is 23.2 Å². The van der Waals surface area contributed by atoms with Crippen LogP contribution < -0.4 is 5.32 Å². The molecule has 1 aromatic rings. The van der Waals surface area contributed by atoms with Gasteiger partial charge in [-0.2, -0.15) is 0 Å². The van der Waals surface area contributed by atoms with Crippen LogP contribution in [0.1, 0.15) is 37.8 Å². The van der Waals surface area contributed by atoms with Crippen molar-refractivity contribution in [3.05, 3.63) is 46.5 Å². The summed E-state index contributed by atoms with van der Waals surface area (Å²) in [4.78, 5) is 0. The standard InChI is InChI=1S/C14H19Cl2N/c1-3-5-9-13(17-10-4-2)11-7-6-8-12(15)14(11)16/h3,6-8,13,17H,1,4-5,9-10H2,2H3. The zero-order valence-corrected chi connectivity index (χ0v) is 11.7. The molecule has 0 saturated heterocycles. The number of halogens is 2. The van der Waals surface area contributed by atoms with Crippen LogP contribution in [0.3, 0.4) is 0 Å². The summed E-state index contributed by atoms with van der Waals surface area (Å²) in [7, 11) is 0. The second-order valence-electron chi connectivity index (χ2n) is 4.02. The number of benzene rings is 1. The zero-order chi connectivity index (χ0) is 12.7. The minimum atomic E-state index is 0.249. The van der Waals surface area contributed by atoms with Gasteiger partial charge in [-0.15, -0.1) is 6.58 Å². The van der Waals surface area contributed by atoms with Crippen LogP contribution in [0.2, 0.25) is 10.0 Å². The predicted octanol–water partition coefficient (Wildman–Crippen LogP) is 5.00. The zero-order valence-electron chi connectivity index (χ0n) is 10.2. The molecule has 0 radical (unpaired) electrons. The van der Waals surface area contributed by atoms with Gasteiger partial charge in [-0.3, -0.25) is 0 Å². The average molecular weight is 272 g/mol. The first kappa shape index (κ1) is 14.6. The third-order valence-corrected chi connectivity index (χ3v) is 3.49. The van der Waals surface area contributed by atoms with E-state index in [0.29, 0.717) is 10.0 Å². The lowest BCUT2D eigenvalue weighted by atomic mass is 10.0. The lowest BCUT2D eigenvalue weighted by Gasteiger charge is -2.20. The molecule has 94 valence electrons. The molecule has 0 spiro atoms. The monoisotopic (exact) mass is 271 g/mol. The lowest BCUT2D eigenvalue weighted by Crippen LogP contribution is -2.22. The van der Waals surface area contributed by atoms with Gasteiger partial charge >= 0.3 is 0 Å². The fourth-order valence-corrected chi connectivity index (χ4v) is 2.20. The van der Waals surface area contributed by atoms with Crippen LogP contribution in [-0.2, 0) is 0 Å².